The van der Waals surface area contributed by atoms with Crippen molar-refractivity contribution in [3.05, 3.63) is 39.7 Å². The van der Waals surface area contributed by atoms with Crippen molar-refractivity contribution < 1.29 is 9.13 Å². The highest BCUT2D eigenvalue weighted by Crippen LogP contribution is 2.27. The summed E-state index contributed by atoms with van der Waals surface area (Å²) in [5.74, 6) is 0.465. The van der Waals surface area contributed by atoms with Crippen molar-refractivity contribution in [2.75, 3.05) is 12.8 Å². The second-order valence-electron chi connectivity index (χ2n) is 4.10. The van der Waals surface area contributed by atoms with Crippen LogP contribution >= 0.6 is 22.6 Å². The molecule has 102 valence electrons. The van der Waals surface area contributed by atoms with E-state index in [1.807, 2.05) is 0 Å². The van der Waals surface area contributed by atoms with E-state index in [1.165, 1.54) is 12.1 Å². The lowest BCUT2D eigenvalue weighted by Gasteiger charge is -2.08. The number of nitrogens with two attached hydrogens (primary N) is 1. The lowest BCUT2D eigenvalue weighted by Crippen LogP contribution is -2.04. The Kier molecular flexibility index (Phi) is 3.20. The highest BCUT2D eigenvalue weighted by molar-refractivity contribution is 14.1. The van der Waals surface area contributed by atoms with Crippen molar-refractivity contribution in [2.45, 2.75) is 0 Å². The van der Waals surface area contributed by atoms with E-state index in [1.54, 1.807) is 29.9 Å². The first-order valence-corrected chi connectivity index (χ1v) is 6.82. The zero-order valence-corrected chi connectivity index (χ0v) is 12.6. The molecule has 3 rings (SSSR count). The fraction of sp³-hybridized carbons (Fsp3) is 0.0769. The number of imidazole rings is 1. The molecule has 1 aromatic carbocycles. The number of nitrogens with zero attached hydrogens (tertiary/aromatic N) is 3. The third-order valence-corrected chi connectivity index (χ3v) is 3.73. The number of ether oxygens (including phenoxy) is 1. The van der Waals surface area contributed by atoms with E-state index in [9.17, 15) is 4.39 Å². The molecular formula is C13H10FIN4O. The SMILES string of the molecule is COc1ccc2nc(N)n(-c3ccc(F)cc3I)c2n1. The highest BCUT2D eigenvalue weighted by Gasteiger charge is 2.14. The molecule has 5 nitrogen and oxygen atoms in total. The fourth-order valence-corrected chi connectivity index (χ4v) is 2.69. The summed E-state index contributed by atoms with van der Waals surface area (Å²) in [5.41, 5.74) is 7.92. The van der Waals surface area contributed by atoms with Crippen LogP contribution in [0.1, 0.15) is 0 Å². The van der Waals surface area contributed by atoms with Crippen molar-refractivity contribution >= 4 is 39.7 Å². The fourth-order valence-electron chi connectivity index (χ4n) is 1.97. The number of pyridine rings is 1. The van der Waals surface area contributed by atoms with Gasteiger partial charge in [0.1, 0.15) is 11.3 Å². The molecule has 0 bridgehead atoms. The summed E-state index contributed by atoms with van der Waals surface area (Å²) in [5, 5.41) is 0. The van der Waals surface area contributed by atoms with Gasteiger partial charge in [-0.1, -0.05) is 0 Å². The third-order valence-electron chi connectivity index (χ3n) is 2.86. The Hall–Kier alpha value is -1.90. The van der Waals surface area contributed by atoms with E-state index in [0.29, 0.717) is 23.0 Å². The van der Waals surface area contributed by atoms with E-state index in [4.69, 9.17) is 10.5 Å². The van der Waals surface area contributed by atoms with E-state index in [-0.39, 0.29) is 5.82 Å². The zero-order chi connectivity index (χ0) is 14.3. The standard InChI is InChI=1S/C13H10FIN4O/c1-20-11-5-3-9-12(18-11)19(13(16)17-9)10-4-2-7(14)6-8(10)15/h2-6H,1H3,(H2,16,17). The molecular weight excluding hydrogens is 374 g/mol. The summed E-state index contributed by atoms with van der Waals surface area (Å²) < 4.78 is 20.7. The number of aromatic nitrogens is 3. The average Bonchev–Trinajstić information content (AvgIpc) is 2.74. The summed E-state index contributed by atoms with van der Waals surface area (Å²) in [4.78, 5) is 8.61. The van der Waals surface area contributed by atoms with E-state index >= 15 is 0 Å². The predicted molar refractivity (Wildman–Crippen MR) is 82.5 cm³/mol. The number of anilines is 1. The molecule has 0 amide bonds. The zero-order valence-electron chi connectivity index (χ0n) is 10.5. The van der Waals surface area contributed by atoms with Gasteiger partial charge in [-0.2, -0.15) is 4.98 Å². The molecule has 0 saturated heterocycles. The van der Waals surface area contributed by atoms with Crippen LogP contribution in [0.25, 0.3) is 16.9 Å². The van der Waals surface area contributed by atoms with Gasteiger partial charge in [-0.15, -0.1) is 0 Å². The van der Waals surface area contributed by atoms with Gasteiger partial charge in [-0.05, 0) is 46.9 Å². The maximum absolute atomic E-state index is 13.2. The first kappa shape index (κ1) is 13.1. The van der Waals surface area contributed by atoms with Crippen LogP contribution in [0.3, 0.4) is 0 Å². The van der Waals surface area contributed by atoms with Gasteiger partial charge in [-0.25, -0.2) is 9.37 Å². The quantitative estimate of drug-likeness (QED) is 0.691. The Labute approximate surface area is 127 Å². The van der Waals surface area contributed by atoms with E-state index in [0.717, 1.165) is 9.26 Å². The van der Waals surface area contributed by atoms with Crippen LogP contribution in [0, 0.1) is 9.39 Å². The number of methoxy groups -OCH3 is 1. The second-order valence-corrected chi connectivity index (χ2v) is 5.26. The van der Waals surface area contributed by atoms with Crippen LogP contribution in [-0.4, -0.2) is 21.6 Å². The first-order valence-electron chi connectivity index (χ1n) is 5.74. The highest BCUT2D eigenvalue weighted by atomic mass is 127. The number of hydrogen-bond donors (Lipinski definition) is 1. The Morgan fingerprint density at radius 3 is 2.75 bits per heavy atom. The van der Waals surface area contributed by atoms with Crippen LogP contribution in [0.5, 0.6) is 5.88 Å². The van der Waals surface area contributed by atoms with Gasteiger partial charge < -0.3 is 10.5 Å². The van der Waals surface area contributed by atoms with E-state index < -0.39 is 0 Å². The molecule has 0 spiro atoms. The molecule has 0 unspecified atom stereocenters. The maximum atomic E-state index is 13.2. The minimum absolute atomic E-state index is 0.297. The molecule has 0 saturated carbocycles. The number of benzene rings is 1. The molecule has 2 heterocycles. The molecule has 0 aliphatic heterocycles. The number of fused-ring (bicyclic) bond motifs is 1. The normalized spacial score (nSPS) is 10.9. The van der Waals surface area contributed by atoms with Gasteiger partial charge in [-0.3, -0.25) is 4.57 Å². The third kappa shape index (κ3) is 2.07. The van der Waals surface area contributed by atoms with Gasteiger partial charge in [0.15, 0.2) is 5.65 Å². The van der Waals surface area contributed by atoms with Crippen molar-refractivity contribution in [1.29, 1.82) is 0 Å². The Morgan fingerprint density at radius 2 is 2.05 bits per heavy atom. The molecule has 0 aliphatic carbocycles. The summed E-state index contributed by atoms with van der Waals surface area (Å²) >= 11 is 2.05. The summed E-state index contributed by atoms with van der Waals surface area (Å²) in [6.07, 6.45) is 0. The van der Waals surface area contributed by atoms with Crippen molar-refractivity contribution in [3.63, 3.8) is 0 Å². The van der Waals surface area contributed by atoms with Gasteiger partial charge in [0.25, 0.3) is 0 Å². The minimum atomic E-state index is -0.299. The van der Waals surface area contributed by atoms with E-state index in [2.05, 4.69) is 32.6 Å². The van der Waals surface area contributed by atoms with Crippen molar-refractivity contribution in [2.24, 2.45) is 0 Å². The first-order chi connectivity index (χ1) is 9.60. The van der Waals surface area contributed by atoms with Gasteiger partial charge in [0.05, 0.1) is 12.8 Å². The number of halogens is 2. The number of nitrogen functional groups attached to an aromatic ring is 1. The maximum Gasteiger partial charge on any atom is 0.215 e. The largest absolute Gasteiger partial charge is 0.481 e. The van der Waals surface area contributed by atoms with Crippen LogP contribution in [0.15, 0.2) is 30.3 Å². The molecule has 0 atom stereocenters. The second kappa shape index (κ2) is 4.89. The Morgan fingerprint density at radius 1 is 1.25 bits per heavy atom. The Bertz CT molecular complexity index is 802. The Balaban J connectivity index is 2.31. The van der Waals surface area contributed by atoms with Crippen LogP contribution in [0.2, 0.25) is 0 Å². The predicted octanol–water partition coefficient (Wildman–Crippen LogP) is 2.76. The minimum Gasteiger partial charge on any atom is -0.481 e. The van der Waals surface area contributed by atoms with Crippen LogP contribution in [0.4, 0.5) is 10.3 Å². The molecule has 7 heteroatoms. The molecule has 0 aliphatic rings. The van der Waals surface area contributed by atoms with Crippen molar-refractivity contribution in [3.8, 4) is 11.6 Å². The molecule has 2 N–H and O–H groups in total. The molecule has 0 radical (unpaired) electrons. The van der Waals surface area contributed by atoms with Gasteiger partial charge in [0.2, 0.25) is 11.8 Å². The van der Waals surface area contributed by atoms with Crippen LogP contribution in [-0.2, 0) is 0 Å². The van der Waals surface area contributed by atoms with Gasteiger partial charge in [0, 0.05) is 9.64 Å². The molecule has 2 aromatic heterocycles. The van der Waals surface area contributed by atoms with Crippen LogP contribution < -0.4 is 10.5 Å². The molecule has 3 aromatic rings. The molecule has 0 fully saturated rings. The summed E-state index contributed by atoms with van der Waals surface area (Å²) in [6.45, 7) is 0. The molecule has 20 heavy (non-hydrogen) atoms. The topological polar surface area (TPSA) is 66.0 Å². The summed E-state index contributed by atoms with van der Waals surface area (Å²) in [7, 11) is 1.54. The number of hydrogen-bond acceptors (Lipinski definition) is 4. The lowest BCUT2D eigenvalue weighted by molar-refractivity contribution is 0.399. The van der Waals surface area contributed by atoms with Crippen molar-refractivity contribution in [1.82, 2.24) is 14.5 Å². The smallest absolute Gasteiger partial charge is 0.215 e. The van der Waals surface area contributed by atoms with Gasteiger partial charge >= 0.3 is 0 Å². The summed E-state index contributed by atoms with van der Waals surface area (Å²) in [6, 6.07) is 7.96. The monoisotopic (exact) mass is 384 g/mol. The number of rotatable bonds is 2. The lowest BCUT2D eigenvalue weighted by atomic mass is 10.3. The average molecular weight is 384 g/mol.